The Hall–Kier alpha value is -2.77. The van der Waals surface area contributed by atoms with E-state index in [0.717, 1.165) is 31.7 Å². The number of aliphatic hydroxyl groups excluding tert-OH is 1. The fourth-order valence-electron chi connectivity index (χ4n) is 5.17. The van der Waals surface area contributed by atoms with Gasteiger partial charge in [-0.3, -0.25) is 0 Å². The lowest BCUT2D eigenvalue weighted by Gasteiger charge is -2.41. The Kier molecular flexibility index (Phi) is 8.10. The van der Waals surface area contributed by atoms with E-state index in [1.54, 1.807) is 0 Å². The van der Waals surface area contributed by atoms with Gasteiger partial charge in [0.2, 0.25) is 0 Å². The van der Waals surface area contributed by atoms with E-state index in [4.69, 9.17) is 4.42 Å². The number of aliphatic hydroxyl groups is 1. The highest BCUT2D eigenvalue weighted by atomic mass is 19.1. The summed E-state index contributed by atoms with van der Waals surface area (Å²) in [5.41, 5.74) is 2.77. The molecule has 2 aromatic carbocycles. The maximum Gasteiger partial charge on any atom is 0.294 e. The molecule has 1 heterocycles. The molecular formula is C29H37F2N3O2. The molecule has 1 aliphatic carbocycles. The number of hydrogen-bond donors (Lipinski definition) is 3. The van der Waals surface area contributed by atoms with Crippen LogP contribution in [0.4, 0.5) is 14.8 Å². The van der Waals surface area contributed by atoms with Gasteiger partial charge in [0.15, 0.2) is 0 Å². The molecule has 0 saturated heterocycles. The van der Waals surface area contributed by atoms with Crippen molar-refractivity contribution in [3.63, 3.8) is 0 Å². The lowest BCUT2D eigenvalue weighted by atomic mass is 9.74. The number of oxazole rings is 1. The molecule has 0 aliphatic heterocycles. The molecule has 1 aromatic heterocycles. The Bertz CT molecular complexity index is 1100. The summed E-state index contributed by atoms with van der Waals surface area (Å²) < 4.78 is 33.0. The topological polar surface area (TPSA) is 70.3 Å². The quantitative estimate of drug-likeness (QED) is 0.334. The molecule has 194 valence electrons. The maximum absolute atomic E-state index is 13.8. The zero-order valence-electron chi connectivity index (χ0n) is 21.4. The van der Waals surface area contributed by atoms with Crippen LogP contribution in [0.25, 0.3) is 0 Å². The van der Waals surface area contributed by atoms with Gasteiger partial charge in [-0.1, -0.05) is 64.3 Å². The van der Waals surface area contributed by atoms with E-state index >= 15 is 0 Å². The SMILES string of the molecule is CC(C)(C)c1cccc(C2(NCC(O)C(Cc3cc(F)cc(F)c3)Nc3ncco3)CCCCC2)c1. The van der Waals surface area contributed by atoms with Gasteiger partial charge in [-0.15, -0.1) is 0 Å². The fourth-order valence-corrected chi connectivity index (χ4v) is 5.17. The number of anilines is 1. The lowest BCUT2D eigenvalue weighted by molar-refractivity contribution is 0.121. The summed E-state index contributed by atoms with van der Waals surface area (Å²) >= 11 is 0. The molecule has 0 spiro atoms. The van der Waals surface area contributed by atoms with Gasteiger partial charge in [-0.05, 0) is 53.5 Å². The zero-order valence-corrected chi connectivity index (χ0v) is 21.4. The van der Waals surface area contributed by atoms with E-state index in [0.29, 0.717) is 12.1 Å². The highest BCUT2D eigenvalue weighted by molar-refractivity contribution is 5.34. The highest BCUT2D eigenvalue weighted by Crippen LogP contribution is 2.38. The van der Waals surface area contributed by atoms with Crippen LogP contribution in [0.2, 0.25) is 0 Å². The van der Waals surface area contributed by atoms with E-state index in [-0.39, 0.29) is 23.4 Å². The summed E-state index contributed by atoms with van der Waals surface area (Å²) in [4.78, 5) is 4.10. The normalized spacial score (nSPS) is 17.5. The van der Waals surface area contributed by atoms with Crippen LogP contribution in [-0.4, -0.2) is 28.8 Å². The van der Waals surface area contributed by atoms with Gasteiger partial charge in [0.1, 0.15) is 17.9 Å². The number of aromatic nitrogens is 1. The van der Waals surface area contributed by atoms with Gasteiger partial charge in [0.05, 0.1) is 18.3 Å². The van der Waals surface area contributed by atoms with E-state index in [2.05, 4.69) is 60.7 Å². The van der Waals surface area contributed by atoms with E-state index in [1.165, 1.54) is 42.1 Å². The van der Waals surface area contributed by atoms with Crippen LogP contribution in [0, 0.1) is 11.6 Å². The molecule has 2 unspecified atom stereocenters. The van der Waals surface area contributed by atoms with Gasteiger partial charge in [0.25, 0.3) is 6.01 Å². The molecule has 0 amide bonds. The second kappa shape index (κ2) is 11.1. The number of hydrogen-bond acceptors (Lipinski definition) is 5. The van der Waals surface area contributed by atoms with Gasteiger partial charge >= 0.3 is 0 Å². The molecule has 1 fully saturated rings. The van der Waals surface area contributed by atoms with Crippen molar-refractivity contribution < 1.29 is 18.3 Å². The van der Waals surface area contributed by atoms with E-state index < -0.39 is 23.8 Å². The van der Waals surface area contributed by atoms with Crippen molar-refractivity contribution in [2.75, 3.05) is 11.9 Å². The fraction of sp³-hybridized carbons (Fsp3) is 0.483. The Balaban J connectivity index is 1.55. The average Bonchev–Trinajstić information content (AvgIpc) is 3.35. The second-order valence-electron chi connectivity index (χ2n) is 11.0. The molecule has 4 rings (SSSR count). The lowest BCUT2D eigenvalue weighted by Crippen LogP contribution is -2.51. The molecule has 1 aliphatic rings. The molecule has 1 saturated carbocycles. The summed E-state index contributed by atoms with van der Waals surface area (Å²) in [7, 11) is 0. The molecule has 2 atom stereocenters. The zero-order chi connectivity index (χ0) is 25.8. The molecule has 3 aromatic rings. The number of nitrogens with one attached hydrogen (secondary N) is 2. The summed E-state index contributed by atoms with van der Waals surface area (Å²) in [6.45, 7) is 6.94. The van der Waals surface area contributed by atoms with E-state index in [1.807, 2.05) is 0 Å². The number of halogens is 2. The molecule has 5 nitrogen and oxygen atoms in total. The third-order valence-corrected chi connectivity index (χ3v) is 7.22. The number of nitrogens with zero attached hydrogens (tertiary/aromatic N) is 1. The highest BCUT2D eigenvalue weighted by Gasteiger charge is 2.35. The molecular weight excluding hydrogens is 460 g/mol. The maximum atomic E-state index is 13.8. The molecule has 36 heavy (non-hydrogen) atoms. The third kappa shape index (κ3) is 6.51. The van der Waals surface area contributed by atoms with Gasteiger partial charge in [-0.2, -0.15) is 0 Å². The first kappa shape index (κ1) is 26.3. The van der Waals surface area contributed by atoms with E-state index in [9.17, 15) is 13.9 Å². The van der Waals surface area contributed by atoms with Crippen molar-refractivity contribution in [1.29, 1.82) is 0 Å². The Morgan fingerprint density at radius 2 is 1.78 bits per heavy atom. The van der Waals surface area contributed by atoms with Crippen molar-refractivity contribution in [2.24, 2.45) is 0 Å². The van der Waals surface area contributed by atoms with Gasteiger partial charge in [0, 0.05) is 18.2 Å². The standard InChI is InChI=1S/C29H37F2N3O2/c1-28(2,3)21-8-7-9-22(17-21)29(10-5-4-6-11-29)33-19-26(35)25(34-27-32-12-13-36-27)16-20-14-23(30)18-24(31)15-20/h7-9,12-15,17-18,25-26,33,35H,4-6,10-11,16,19H2,1-3H3,(H,32,34). The van der Waals surface area contributed by atoms with Crippen molar-refractivity contribution in [1.82, 2.24) is 10.3 Å². The summed E-state index contributed by atoms with van der Waals surface area (Å²) in [5.74, 6) is -1.29. The smallest absolute Gasteiger partial charge is 0.294 e. The van der Waals surface area contributed by atoms with Crippen molar-refractivity contribution in [3.8, 4) is 0 Å². The largest absolute Gasteiger partial charge is 0.432 e. The summed E-state index contributed by atoms with van der Waals surface area (Å²) in [6, 6.07) is 11.9. The van der Waals surface area contributed by atoms with Crippen LogP contribution in [0.5, 0.6) is 0 Å². The van der Waals surface area contributed by atoms with Crippen molar-refractivity contribution in [2.45, 2.75) is 82.4 Å². The van der Waals surface area contributed by atoms with Crippen LogP contribution in [0.15, 0.2) is 59.3 Å². The first-order valence-corrected chi connectivity index (χ1v) is 12.8. The number of rotatable bonds is 9. The van der Waals surface area contributed by atoms with Crippen molar-refractivity contribution >= 4 is 6.01 Å². The summed E-state index contributed by atoms with van der Waals surface area (Å²) in [6.07, 6.45) is 7.67. The van der Waals surface area contributed by atoms with Gasteiger partial charge in [-0.25, -0.2) is 13.8 Å². The third-order valence-electron chi connectivity index (χ3n) is 7.22. The average molecular weight is 498 g/mol. The summed E-state index contributed by atoms with van der Waals surface area (Å²) in [5, 5.41) is 18.1. The minimum atomic E-state index is -0.868. The molecule has 3 N–H and O–H groups in total. The van der Waals surface area contributed by atoms with Crippen LogP contribution < -0.4 is 10.6 Å². The Labute approximate surface area is 212 Å². The first-order valence-electron chi connectivity index (χ1n) is 12.8. The molecule has 7 heteroatoms. The Morgan fingerprint density at radius 3 is 2.42 bits per heavy atom. The predicted molar refractivity (Wildman–Crippen MR) is 138 cm³/mol. The van der Waals surface area contributed by atoms with Gasteiger partial charge < -0.3 is 20.2 Å². The minimum absolute atomic E-state index is 0.0384. The molecule has 0 radical (unpaired) electrons. The predicted octanol–water partition coefficient (Wildman–Crippen LogP) is 6.08. The monoisotopic (exact) mass is 497 g/mol. The van der Waals surface area contributed by atoms with Crippen molar-refractivity contribution in [3.05, 3.63) is 83.2 Å². The minimum Gasteiger partial charge on any atom is -0.432 e. The first-order chi connectivity index (χ1) is 17.1. The second-order valence-corrected chi connectivity index (χ2v) is 11.0. The van der Waals surface area contributed by atoms with Crippen LogP contribution in [-0.2, 0) is 17.4 Å². The van der Waals surface area contributed by atoms with Crippen LogP contribution in [0.3, 0.4) is 0 Å². The Morgan fingerprint density at radius 1 is 1.06 bits per heavy atom. The van der Waals surface area contributed by atoms with Crippen LogP contribution >= 0.6 is 0 Å². The van der Waals surface area contributed by atoms with Crippen LogP contribution in [0.1, 0.15) is 69.6 Å². The number of benzene rings is 2. The molecule has 0 bridgehead atoms.